The van der Waals surface area contributed by atoms with Crippen LogP contribution in [0, 0.1) is 5.82 Å². The van der Waals surface area contributed by atoms with Crippen LogP contribution in [0.25, 0.3) is 0 Å². The summed E-state index contributed by atoms with van der Waals surface area (Å²) in [5.41, 5.74) is 8.30. The molecule has 2 rings (SSSR count). The van der Waals surface area contributed by atoms with Crippen LogP contribution in [0.2, 0.25) is 0 Å². The Balaban J connectivity index is 2.17. The van der Waals surface area contributed by atoms with Gasteiger partial charge >= 0.3 is 0 Å². The molecule has 2 nitrogen and oxygen atoms in total. The maximum absolute atomic E-state index is 12.9. The number of nitrogens with zero attached hydrogens (tertiary/aromatic N) is 1. The van der Waals surface area contributed by atoms with Crippen LogP contribution in [0.5, 0.6) is 0 Å². The van der Waals surface area contributed by atoms with E-state index in [-0.39, 0.29) is 5.82 Å². The van der Waals surface area contributed by atoms with Gasteiger partial charge in [-0.15, -0.1) is 11.3 Å². The van der Waals surface area contributed by atoms with E-state index in [0.29, 0.717) is 5.69 Å². The number of thiophene rings is 1. The summed E-state index contributed by atoms with van der Waals surface area (Å²) in [6.07, 6.45) is 0. The fourth-order valence-electron chi connectivity index (χ4n) is 1.66. The minimum absolute atomic E-state index is 0.307. The zero-order valence-corrected chi connectivity index (χ0v) is 11.7. The van der Waals surface area contributed by atoms with Crippen LogP contribution in [0.4, 0.5) is 15.8 Å². The summed E-state index contributed by atoms with van der Waals surface area (Å²) < 4.78 is 14.0. The minimum Gasteiger partial charge on any atom is -0.397 e. The van der Waals surface area contributed by atoms with E-state index in [0.717, 1.165) is 16.0 Å². The summed E-state index contributed by atoms with van der Waals surface area (Å²) in [6.45, 7) is 0.748. The molecule has 0 aliphatic rings. The first-order valence-corrected chi connectivity index (χ1v) is 6.72. The first-order chi connectivity index (χ1) is 8.06. The second-order valence-corrected chi connectivity index (χ2v) is 6.11. The number of nitrogen functional groups attached to an aromatic ring is 1. The molecule has 5 heteroatoms. The Hall–Kier alpha value is -1.07. The van der Waals surface area contributed by atoms with E-state index in [9.17, 15) is 4.39 Å². The Labute approximate surface area is 112 Å². The number of benzene rings is 1. The van der Waals surface area contributed by atoms with Gasteiger partial charge in [-0.05, 0) is 51.1 Å². The molecule has 0 atom stereocenters. The molecule has 0 saturated carbocycles. The van der Waals surface area contributed by atoms with Crippen LogP contribution in [-0.4, -0.2) is 7.05 Å². The normalized spacial score (nSPS) is 10.5. The molecule has 0 aliphatic heterocycles. The standard InChI is InChI=1S/C12H12BrFN2S/c1-16(6-8-4-12(13)17-7-8)11-3-2-9(14)5-10(11)15/h2-5,7H,6,15H2,1H3. The van der Waals surface area contributed by atoms with Crippen LogP contribution in [-0.2, 0) is 6.54 Å². The molecule has 0 fully saturated rings. The van der Waals surface area contributed by atoms with Gasteiger partial charge in [0.05, 0.1) is 15.2 Å². The van der Waals surface area contributed by atoms with Crippen LogP contribution in [0.1, 0.15) is 5.56 Å². The second kappa shape index (κ2) is 5.06. The number of hydrogen-bond donors (Lipinski definition) is 1. The lowest BCUT2D eigenvalue weighted by Crippen LogP contribution is -2.17. The van der Waals surface area contributed by atoms with Crippen molar-refractivity contribution in [3.8, 4) is 0 Å². The van der Waals surface area contributed by atoms with E-state index in [1.807, 2.05) is 11.9 Å². The molecule has 0 aliphatic carbocycles. The van der Waals surface area contributed by atoms with Gasteiger partial charge in [0.25, 0.3) is 0 Å². The van der Waals surface area contributed by atoms with Gasteiger partial charge in [-0.25, -0.2) is 4.39 Å². The fourth-order valence-corrected chi connectivity index (χ4v) is 2.86. The van der Waals surface area contributed by atoms with Crippen molar-refractivity contribution in [2.24, 2.45) is 0 Å². The Morgan fingerprint density at radius 1 is 1.41 bits per heavy atom. The van der Waals surface area contributed by atoms with Gasteiger partial charge in [-0.1, -0.05) is 0 Å². The molecule has 0 amide bonds. The van der Waals surface area contributed by atoms with E-state index < -0.39 is 0 Å². The third-order valence-corrected chi connectivity index (χ3v) is 4.00. The van der Waals surface area contributed by atoms with E-state index in [4.69, 9.17) is 5.73 Å². The molecule has 0 radical (unpaired) electrons. The van der Waals surface area contributed by atoms with Crippen molar-refractivity contribution >= 4 is 38.6 Å². The highest BCUT2D eigenvalue weighted by atomic mass is 79.9. The van der Waals surface area contributed by atoms with Gasteiger partial charge in [-0.2, -0.15) is 0 Å². The van der Waals surface area contributed by atoms with Crippen molar-refractivity contribution in [3.63, 3.8) is 0 Å². The van der Waals surface area contributed by atoms with Gasteiger partial charge in [0, 0.05) is 13.6 Å². The molecule has 17 heavy (non-hydrogen) atoms. The smallest absolute Gasteiger partial charge is 0.125 e. The largest absolute Gasteiger partial charge is 0.397 e. The van der Waals surface area contributed by atoms with Crippen molar-refractivity contribution < 1.29 is 4.39 Å². The molecular weight excluding hydrogens is 303 g/mol. The summed E-state index contributed by atoms with van der Waals surface area (Å²) in [5, 5.41) is 2.08. The Bertz CT molecular complexity index is 527. The van der Waals surface area contributed by atoms with E-state index >= 15 is 0 Å². The number of halogens is 2. The summed E-state index contributed by atoms with van der Waals surface area (Å²) >= 11 is 5.08. The minimum atomic E-state index is -0.307. The summed E-state index contributed by atoms with van der Waals surface area (Å²) in [4.78, 5) is 2.00. The van der Waals surface area contributed by atoms with Crippen LogP contribution >= 0.6 is 27.3 Å². The molecule has 1 aromatic heterocycles. The highest BCUT2D eigenvalue weighted by Crippen LogP contribution is 2.26. The Morgan fingerprint density at radius 3 is 2.76 bits per heavy atom. The highest BCUT2D eigenvalue weighted by Gasteiger charge is 2.08. The maximum atomic E-state index is 12.9. The lowest BCUT2D eigenvalue weighted by atomic mass is 10.2. The predicted molar refractivity (Wildman–Crippen MR) is 74.9 cm³/mol. The molecule has 2 N–H and O–H groups in total. The molecule has 0 spiro atoms. The van der Waals surface area contributed by atoms with Crippen molar-refractivity contribution in [2.45, 2.75) is 6.54 Å². The first kappa shape index (κ1) is 12.4. The van der Waals surface area contributed by atoms with E-state index in [1.54, 1.807) is 17.4 Å². The molecule has 0 saturated heterocycles. The SMILES string of the molecule is CN(Cc1csc(Br)c1)c1ccc(F)cc1N. The zero-order chi connectivity index (χ0) is 12.4. The Kier molecular flexibility index (Phi) is 3.69. The van der Waals surface area contributed by atoms with Crippen molar-refractivity contribution in [1.82, 2.24) is 0 Å². The third kappa shape index (κ3) is 2.98. The second-order valence-electron chi connectivity index (χ2n) is 3.82. The first-order valence-electron chi connectivity index (χ1n) is 5.05. The van der Waals surface area contributed by atoms with E-state index in [2.05, 4.69) is 27.4 Å². The monoisotopic (exact) mass is 314 g/mol. The van der Waals surface area contributed by atoms with Gasteiger partial charge in [-0.3, -0.25) is 0 Å². The van der Waals surface area contributed by atoms with Gasteiger partial charge in [0.1, 0.15) is 5.82 Å². The lowest BCUT2D eigenvalue weighted by molar-refractivity contribution is 0.628. The van der Waals surface area contributed by atoms with Gasteiger partial charge in [0.2, 0.25) is 0 Å². The molecule has 2 aromatic rings. The van der Waals surface area contributed by atoms with Gasteiger partial charge < -0.3 is 10.6 Å². The van der Waals surface area contributed by atoms with Gasteiger partial charge in [0.15, 0.2) is 0 Å². The van der Waals surface area contributed by atoms with Crippen molar-refractivity contribution in [2.75, 3.05) is 17.7 Å². The number of anilines is 2. The summed E-state index contributed by atoms with van der Waals surface area (Å²) in [6, 6.07) is 6.54. The average molecular weight is 315 g/mol. The number of nitrogens with two attached hydrogens (primary N) is 1. The number of hydrogen-bond acceptors (Lipinski definition) is 3. The zero-order valence-electron chi connectivity index (χ0n) is 9.28. The Morgan fingerprint density at radius 2 is 2.18 bits per heavy atom. The topological polar surface area (TPSA) is 29.3 Å². The van der Waals surface area contributed by atoms with Crippen LogP contribution in [0.15, 0.2) is 33.4 Å². The fraction of sp³-hybridized carbons (Fsp3) is 0.167. The summed E-state index contributed by atoms with van der Waals surface area (Å²) in [7, 11) is 1.94. The van der Waals surface area contributed by atoms with Crippen LogP contribution in [0.3, 0.4) is 0 Å². The third-order valence-electron chi connectivity index (χ3n) is 2.44. The van der Waals surface area contributed by atoms with Crippen molar-refractivity contribution in [3.05, 3.63) is 44.8 Å². The van der Waals surface area contributed by atoms with Crippen LogP contribution < -0.4 is 10.6 Å². The lowest BCUT2D eigenvalue weighted by Gasteiger charge is -2.20. The molecule has 1 aromatic carbocycles. The van der Waals surface area contributed by atoms with Crippen molar-refractivity contribution in [1.29, 1.82) is 0 Å². The quantitative estimate of drug-likeness (QED) is 0.871. The molecule has 0 unspecified atom stereocenters. The summed E-state index contributed by atoms with van der Waals surface area (Å²) in [5.74, 6) is -0.307. The predicted octanol–water partition coefficient (Wildman–Crippen LogP) is 3.87. The highest BCUT2D eigenvalue weighted by molar-refractivity contribution is 9.11. The average Bonchev–Trinajstić information content (AvgIpc) is 2.63. The number of rotatable bonds is 3. The molecular formula is C12H12BrFN2S. The van der Waals surface area contributed by atoms with E-state index in [1.165, 1.54) is 17.7 Å². The molecule has 90 valence electrons. The maximum Gasteiger partial charge on any atom is 0.125 e. The molecule has 1 heterocycles. The molecule has 0 bridgehead atoms.